The number of nitrogens with one attached hydrogen (secondary N) is 1. The predicted molar refractivity (Wildman–Crippen MR) is 62.8 cm³/mol. The molecule has 0 saturated carbocycles. The quantitative estimate of drug-likeness (QED) is 0.424. The van der Waals surface area contributed by atoms with E-state index in [1.165, 1.54) is 6.08 Å². The van der Waals surface area contributed by atoms with Crippen molar-refractivity contribution in [1.29, 1.82) is 0 Å². The predicted octanol–water partition coefficient (Wildman–Crippen LogP) is 1.58. The lowest BCUT2D eigenvalue weighted by Crippen LogP contribution is -2.25. The van der Waals surface area contributed by atoms with Crippen molar-refractivity contribution in [3.05, 3.63) is 24.3 Å². The Bertz CT molecular complexity index is 280. The van der Waals surface area contributed by atoms with Crippen molar-refractivity contribution in [3.63, 3.8) is 0 Å². The maximum atomic E-state index is 11.1. The largest absolute Gasteiger partial charge is 0.463 e. The van der Waals surface area contributed by atoms with Gasteiger partial charge >= 0.3 is 5.97 Å². The van der Waals surface area contributed by atoms with Crippen molar-refractivity contribution in [2.45, 2.75) is 33.3 Å². The maximum Gasteiger partial charge on any atom is 0.307 e. The van der Waals surface area contributed by atoms with E-state index in [1.54, 1.807) is 26.0 Å². The van der Waals surface area contributed by atoms with Crippen LogP contribution in [0, 0.1) is 0 Å². The molecule has 90 valence electrons. The SMILES string of the molecule is C/C=C/C=C/C(=O)NCCC(=O)OC(C)C. The molecular weight excluding hydrogens is 206 g/mol. The molecule has 0 rings (SSSR count). The second-order valence-electron chi connectivity index (χ2n) is 3.46. The first-order valence-electron chi connectivity index (χ1n) is 5.33. The summed E-state index contributed by atoms with van der Waals surface area (Å²) < 4.78 is 4.91. The van der Waals surface area contributed by atoms with Crippen LogP contribution in [0.5, 0.6) is 0 Å². The number of carbonyl (C=O) groups excluding carboxylic acids is 2. The zero-order valence-electron chi connectivity index (χ0n) is 10.0. The van der Waals surface area contributed by atoms with Gasteiger partial charge in [0, 0.05) is 12.6 Å². The molecule has 0 aromatic carbocycles. The summed E-state index contributed by atoms with van der Waals surface area (Å²) in [4.78, 5) is 22.2. The van der Waals surface area contributed by atoms with E-state index in [4.69, 9.17) is 4.74 Å². The lowest BCUT2D eigenvalue weighted by Gasteiger charge is -2.07. The molecule has 0 aliphatic rings. The van der Waals surface area contributed by atoms with Crippen molar-refractivity contribution in [3.8, 4) is 0 Å². The lowest BCUT2D eigenvalue weighted by atomic mass is 10.4. The summed E-state index contributed by atoms with van der Waals surface area (Å²) in [5.41, 5.74) is 0. The molecule has 4 nitrogen and oxygen atoms in total. The second kappa shape index (κ2) is 8.71. The van der Waals surface area contributed by atoms with E-state index in [9.17, 15) is 9.59 Å². The van der Waals surface area contributed by atoms with Crippen molar-refractivity contribution < 1.29 is 14.3 Å². The Kier molecular flexibility index (Phi) is 7.85. The molecule has 0 aromatic heterocycles. The van der Waals surface area contributed by atoms with Gasteiger partial charge in [-0.05, 0) is 20.8 Å². The summed E-state index contributed by atoms with van der Waals surface area (Å²) >= 11 is 0. The Labute approximate surface area is 96.4 Å². The third kappa shape index (κ3) is 8.99. The van der Waals surface area contributed by atoms with Crippen LogP contribution >= 0.6 is 0 Å². The molecule has 0 aliphatic carbocycles. The van der Waals surface area contributed by atoms with Gasteiger partial charge in [0.2, 0.25) is 5.91 Å². The van der Waals surface area contributed by atoms with Crippen LogP contribution in [0.4, 0.5) is 0 Å². The topological polar surface area (TPSA) is 55.4 Å². The highest BCUT2D eigenvalue weighted by molar-refractivity contribution is 5.88. The Morgan fingerprint density at radius 2 is 2.00 bits per heavy atom. The molecule has 0 fully saturated rings. The van der Waals surface area contributed by atoms with Gasteiger partial charge in [-0.3, -0.25) is 9.59 Å². The molecule has 0 atom stereocenters. The molecule has 0 unspecified atom stereocenters. The fourth-order valence-electron chi connectivity index (χ4n) is 0.923. The summed E-state index contributed by atoms with van der Waals surface area (Å²) in [7, 11) is 0. The molecule has 0 heterocycles. The molecular formula is C12H19NO3. The number of esters is 1. The monoisotopic (exact) mass is 225 g/mol. The zero-order chi connectivity index (χ0) is 12.4. The van der Waals surface area contributed by atoms with Gasteiger partial charge in [0.1, 0.15) is 0 Å². The first-order chi connectivity index (χ1) is 7.56. The van der Waals surface area contributed by atoms with Gasteiger partial charge < -0.3 is 10.1 Å². The van der Waals surface area contributed by atoms with Crippen LogP contribution < -0.4 is 5.32 Å². The Morgan fingerprint density at radius 1 is 1.31 bits per heavy atom. The van der Waals surface area contributed by atoms with E-state index in [2.05, 4.69) is 5.32 Å². The number of amides is 1. The van der Waals surface area contributed by atoms with Crippen LogP contribution in [0.25, 0.3) is 0 Å². The summed E-state index contributed by atoms with van der Waals surface area (Å²) in [6, 6.07) is 0. The Morgan fingerprint density at radius 3 is 2.56 bits per heavy atom. The lowest BCUT2D eigenvalue weighted by molar-refractivity contribution is -0.147. The summed E-state index contributed by atoms with van der Waals surface area (Å²) in [5, 5.41) is 2.59. The van der Waals surface area contributed by atoms with Crippen LogP contribution in [0.15, 0.2) is 24.3 Å². The van der Waals surface area contributed by atoms with E-state index in [-0.39, 0.29) is 24.4 Å². The first-order valence-corrected chi connectivity index (χ1v) is 5.33. The van der Waals surface area contributed by atoms with Crippen molar-refractivity contribution >= 4 is 11.9 Å². The number of ether oxygens (including phenoxy) is 1. The molecule has 0 saturated heterocycles. The van der Waals surface area contributed by atoms with Gasteiger partial charge in [0.15, 0.2) is 0 Å². The van der Waals surface area contributed by atoms with Crippen molar-refractivity contribution in [2.24, 2.45) is 0 Å². The third-order valence-electron chi connectivity index (χ3n) is 1.55. The molecule has 4 heteroatoms. The molecule has 0 spiro atoms. The van der Waals surface area contributed by atoms with E-state index < -0.39 is 0 Å². The molecule has 0 aromatic rings. The maximum absolute atomic E-state index is 11.1. The van der Waals surface area contributed by atoms with Gasteiger partial charge in [-0.15, -0.1) is 0 Å². The van der Waals surface area contributed by atoms with Crippen LogP contribution in [0.3, 0.4) is 0 Å². The highest BCUT2D eigenvalue weighted by Crippen LogP contribution is 1.92. The average Bonchev–Trinajstić information content (AvgIpc) is 2.17. The van der Waals surface area contributed by atoms with Gasteiger partial charge in [-0.25, -0.2) is 0 Å². The van der Waals surface area contributed by atoms with E-state index in [0.717, 1.165) is 0 Å². The molecule has 1 N–H and O–H groups in total. The smallest absolute Gasteiger partial charge is 0.307 e. The minimum atomic E-state index is -0.298. The minimum absolute atomic E-state index is 0.113. The van der Waals surface area contributed by atoms with Gasteiger partial charge in [-0.2, -0.15) is 0 Å². The Hall–Kier alpha value is -1.58. The van der Waals surface area contributed by atoms with E-state index >= 15 is 0 Å². The highest BCUT2D eigenvalue weighted by Gasteiger charge is 2.05. The van der Waals surface area contributed by atoms with Crippen LogP contribution in [0.2, 0.25) is 0 Å². The summed E-state index contributed by atoms with van der Waals surface area (Å²) in [6.45, 7) is 5.74. The second-order valence-corrected chi connectivity index (χ2v) is 3.46. The van der Waals surface area contributed by atoms with Crippen LogP contribution in [-0.4, -0.2) is 24.5 Å². The summed E-state index contributed by atoms with van der Waals surface area (Å²) in [6.07, 6.45) is 6.71. The first kappa shape index (κ1) is 14.4. The highest BCUT2D eigenvalue weighted by atomic mass is 16.5. The number of hydrogen-bond donors (Lipinski definition) is 1. The fraction of sp³-hybridized carbons (Fsp3) is 0.500. The molecule has 0 radical (unpaired) electrons. The van der Waals surface area contributed by atoms with Crippen molar-refractivity contribution in [1.82, 2.24) is 5.32 Å². The van der Waals surface area contributed by atoms with Gasteiger partial charge in [0.05, 0.1) is 12.5 Å². The molecule has 16 heavy (non-hydrogen) atoms. The Balaban J connectivity index is 3.65. The molecule has 0 bridgehead atoms. The number of rotatable bonds is 6. The number of hydrogen-bond acceptors (Lipinski definition) is 3. The van der Waals surface area contributed by atoms with Crippen LogP contribution in [0.1, 0.15) is 27.2 Å². The fourth-order valence-corrected chi connectivity index (χ4v) is 0.923. The van der Waals surface area contributed by atoms with E-state index in [1.807, 2.05) is 13.0 Å². The van der Waals surface area contributed by atoms with Crippen molar-refractivity contribution in [2.75, 3.05) is 6.54 Å². The van der Waals surface area contributed by atoms with E-state index in [0.29, 0.717) is 6.54 Å². The normalized spacial score (nSPS) is 11.2. The molecule has 0 aliphatic heterocycles. The zero-order valence-corrected chi connectivity index (χ0v) is 10.0. The van der Waals surface area contributed by atoms with Gasteiger partial charge in [-0.1, -0.05) is 18.2 Å². The standard InChI is InChI=1S/C12H19NO3/c1-4-5-6-7-11(14)13-9-8-12(15)16-10(2)3/h4-7,10H,8-9H2,1-3H3,(H,13,14)/b5-4+,7-6+. The number of allylic oxidation sites excluding steroid dienone is 3. The minimum Gasteiger partial charge on any atom is -0.463 e. The molecule has 1 amide bonds. The average molecular weight is 225 g/mol. The van der Waals surface area contributed by atoms with Gasteiger partial charge in [0.25, 0.3) is 0 Å². The number of carbonyl (C=O) groups is 2. The third-order valence-corrected chi connectivity index (χ3v) is 1.55. The summed E-state index contributed by atoms with van der Waals surface area (Å²) in [5.74, 6) is -0.511. The van der Waals surface area contributed by atoms with Crippen LogP contribution in [-0.2, 0) is 14.3 Å².